The van der Waals surface area contributed by atoms with Gasteiger partial charge in [-0.1, -0.05) is 20.3 Å². The van der Waals surface area contributed by atoms with Crippen molar-refractivity contribution in [1.29, 1.82) is 0 Å². The molecule has 0 saturated heterocycles. The van der Waals surface area contributed by atoms with E-state index in [1.54, 1.807) is 0 Å². The number of rotatable bonds is 4. The second-order valence-electron chi connectivity index (χ2n) is 2.42. The van der Waals surface area contributed by atoms with Crippen LogP contribution in [0.15, 0.2) is 4.99 Å². The van der Waals surface area contributed by atoms with Gasteiger partial charge in [-0.05, 0) is 12.6 Å². The van der Waals surface area contributed by atoms with Crippen LogP contribution in [0, 0.1) is 5.92 Å². The first-order valence-electron chi connectivity index (χ1n) is 3.38. The summed E-state index contributed by atoms with van der Waals surface area (Å²) in [5.41, 5.74) is 5.05. The normalized spacial score (nSPS) is 15.8. The Bertz CT molecular complexity index is 134. The van der Waals surface area contributed by atoms with Crippen molar-refractivity contribution in [3.63, 3.8) is 0 Å². The van der Waals surface area contributed by atoms with Gasteiger partial charge in [0.25, 0.3) is 0 Å². The molecule has 0 aromatic carbocycles. The van der Waals surface area contributed by atoms with Crippen molar-refractivity contribution in [1.82, 2.24) is 0 Å². The number of nitrogens with zero attached hydrogens (tertiary/aromatic N) is 1. The van der Waals surface area contributed by atoms with E-state index in [0.717, 1.165) is 6.42 Å². The highest BCUT2D eigenvalue weighted by molar-refractivity contribution is 5.80. The van der Waals surface area contributed by atoms with E-state index in [9.17, 15) is 4.79 Å². The number of primary amides is 1. The molecular formula is C7H14N2O. The molecule has 2 N–H and O–H groups in total. The molecular weight excluding hydrogens is 128 g/mol. The van der Waals surface area contributed by atoms with E-state index >= 15 is 0 Å². The molecule has 3 heteroatoms. The molecule has 0 saturated carbocycles. The topological polar surface area (TPSA) is 55.4 Å². The lowest BCUT2D eigenvalue weighted by atomic mass is 10.00. The number of nitrogens with two attached hydrogens (primary N) is 1. The minimum Gasteiger partial charge on any atom is -0.368 e. The minimum absolute atomic E-state index is 0.204. The molecule has 10 heavy (non-hydrogen) atoms. The lowest BCUT2D eigenvalue weighted by Gasteiger charge is -2.13. The van der Waals surface area contributed by atoms with E-state index < -0.39 is 6.04 Å². The number of amides is 1. The van der Waals surface area contributed by atoms with Crippen LogP contribution >= 0.6 is 0 Å². The third-order valence-electron chi connectivity index (χ3n) is 1.67. The van der Waals surface area contributed by atoms with Crippen molar-refractivity contribution in [2.75, 3.05) is 0 Å². The van der Waals surface area contributed by atoms with E-state index in [2.05, 4.69) is 11.7 Å². The Balaban J connectivity index is 4.05. The van der Waals surface area contributed by atoms with E-state index in [1.165, 1.54) is 0 Å². The Morgan fingerprint density at radius 2 is 2.30 bits per heavy atom. The van der Waals surface area contributed by atoms with Crippen LogP contribution in [0.3, 0.4) is 0 Å². The smallest absolute Gasteiger partial charge is 0.242 e. The molecule has 0 unspecified atom stereocenters. The number of hydrogen-bond donors (Lipinski definition) is 1. The summed E-state index contributed by atoms with van der Waals surface area (Å²) in [6.07, 6.45) is 0.895. The van der Waals surface area contributed by atoms with Crippen molar-refractivity contribution in [2.45, 2.75) is 26.3 Å². The number of carbonyl (C=O) groups is 1. The standard InChI is InChI=1S/C7H14N2O/c1-4-5(2)6(9-3)7(8)10/h5-6H,3-4H2,1-2H3,(H2,8,10)/t5-,6-/m0/s1. The summed E-state index contributed by atoms with van der Waals surface area (Å²) in [5.74, 6) is -0.181. The molecule has 0 fully saturated rings. The zero-order valence-corrected chi connectivity index (χ0v) is 6.50. The second-order valence-corrected chi connectivity index (χ2v) is 2.42. The molecule has 0 aliphatic rings. The molecule has 0 aromatic rings. The van der Waals surface area contributed by atoms with Crippen LogP contribution in [-0.4, -0.2) is 18.7 Å². The first-order valence-corrected chi connectivity index (χ1v) is 3.38. The highest BCUT2D eigenvalue weighted by atomic mass is 16.1. The van der Waals surface area contributed by atoms with Gasteiger partial charge in [-0.3, -0.25) is 9.79 Å². The predicted molar refractivity (Wildman–Crippen MR) is 42.0 cm³/mol. The van der Waals surface area contributed by atoms with Crippen molar-refractivity contribution in [2.24, 2.45) is 16.6 Å². The zero-order chi connectivity index (χ0) is 8.15. The summed E-state index contributed by atoms with van der Waals surface area (Å²) < 4.78 is 0. The third kappa shape index (κ3) is 2.17. The largest absolute Gasteiger partial charge is 0.368 e. The van der Waals surface area contributed by atoms with Crippen LogP contribution < -0.4 is 5.73 Å². The maximum Gasteiger partial charge on any atom is 0.242 e. The Morgan fingerprint density at radius 1 is 1.80 bits per heavy atom. The zero-order valence-electron chi connectivity index (χ0n) is 6.50. The highest BCUT2D eigenvalue weighted by Crippen LogP contribution is 2.09. The molecule has 0 spiro atoms. The molecule has 0 rings (SSSR count). The Kier molecular flexibility index (Phi) is 3.69. The number of hydrogen-bond acceptors (Lipinski definition) is 2. The Morgan fingerprint density at radius 3 is 2.40 bits per heavy atom. The average molecular weight is 142 g/mol. The van der Waals surface area contributed by atoms with Crippen molar-refractivity contribution in [3.05, 3.63) is 0 Å². The van der Waals surface area contributed by atoms with E-state index in [0.29, 0.717) is 0 Å². The van der Waals surface area contributed by atoms with Crippen LogP contribution in [0.1, 0.15) is 20.3 Å². The van der Waals surface area contributed by atoms with Gasteiger partial charge in [-0.25, -0.2) is 0 Å². The van der Waals surface area contributed by atoms with E-state index in [4.69, 9.17) is 5.73 Å². The maximum atomic E-state index is 10.6. The van der Waals surface area contributed by atoms with Crippen LogP contribution in [0.4, 0.5) is 0 Å². The average Bonchev–Trinajstić information content (AvgIpc) is 1.88. The monoisotopic (exact) mass is 142 g/mol. The van der Waals surface area contributed by atoms with Gasteiger partial charge in [-0.2, -0.15) is 0 Å². The Labute approximate surface area is 61.3 Å². The predicted octanol–water partition coefficient (Wildman–Crippen LogP) is 0.587. The quantitative estimate of drug-likeness (QED) is 0.574. The van der Waals surface area contributed by atoms with Gasteiger partial charge >= 0.3 is 0 Å². The molecule has 0 bridgehead atoms. The summed E-state index contributed by atoms with van der Waals surface area (Å²) >= 11 is 0. The lowest BCUT2D eigenvalue weighted by molar-refractivity contribution is -0.120. The molecule has 2 atom stereocenters. The van der Waals surface area contributed by atoms with Gasteiger partial charge in [0.2, 0.25) is 5.91 Å². The maximum absolute atomic E-state index is 10.6. The fourth-order valence-electron chi connectivity index (χ4n) is 0.774. The molecule has 0 aromatic heterocycles. The summed E-state index contributed by atoms with van der Waals surface area (Å²) in [7, 11) is 0. The van der Waals surface area contributed by atoms with Crippen molar-refractivity contribution >= 4 is 12.6 Å². The molecule has 0 heterocycles. The van der Waals surface area contributed by atoms with Gasteiger partial charge in [0, 0.05) is 0 Å². The van der Waals surface area contributed by atoms with E-state index in [-0.39, 0.29) is 11.8 Å². The van der Waals surface area contributed by atoms with Crippen LogP contribution in [-0.2, 0) is 4.79 Å². The SMILES string of the molecule is C=N[C@H](C(N)=O)[C@@H](C)CC. The van der Waals surface area contributed by atoms with Gasteiger partial charge in [-0.15, -0.1) is 0 Å². The molecule has 0 aliphatic carbocycles. The molecule has 3 nitrogen and oxygen atoms in total. The molecule has 0 radical (unpaired) electrons. The van der Waals surface area contributed by atoms with Crippen LogP contribution in [0.25, 0.3) is 0 Å². The van der Waals surface area contributed by atoms with Crippen LogP contribution in [0.2, 0.25) is 0 Å². The summed E-state index contributed by atoms with van der Waals surface area (Å²) in [5, 5.41) is 0. The van der Waals surface area contributed by atoms with E-state index in [1.807, 2.05) is 13.8 Å². The van der Waals surface area contributed by atoms with Crippen molar-refractivity contribution in [3.8, 4) is 0 Å². The summed E-state index contributed by atoms with van der Waals surface area (Å²) in [4.78, 5) is 14.3. The summed E-state index contributed by atoms with van der Waals surface area (Å²) in [6, 6.07) is -0.412. The first kappa shape index (κ1) is 9.14. The van der Waals surface area contributed by atoms with Gasteiger partial charge < -0.3 is 5.73 Å². The fourth-order valence-corrected chi connectivity index (χ4v) is 0.774. The lowest BCUT2D eigenvalue weighted by Crippen LogP contribution is -2.32. The second kappa shape index (κ2) is 4.04. The number of aliphatic imine (C=N–C) groups is 1. The molecule has 1 amide bonds. The molecule has 58 valence electrons. The van der Waals surface area contributed by atoms with Gasteiger partial charge in [0.05, 0.1) is 0 Å². The summed E-state index contributed by atoms with van der Waals surface area (Å²) in [6.45, 7) is 7.23. The Hall–Kier alpha value is -0.860. The van der Waals surface area contributed by atoms with Crippen LogP contribution in [0.5, 0.6) is 0 Å². The number of carbonyl (C=O) groups excluding carboxylic acids is 1. The van der Waals surface area contributed by atoms with Gasteiger partial charge in [0.15, 0.2) is 0 Å². The minimum atomic E-state index is -0.412. The molecule has 0 aliphatic heterocycles. The highest BCUT2D eigenvalue weighted by Gasteiger charge is 2.18. The van der Waals surface area contributed by atoms with Crippen molar-refractivity contribution < 1.29 is 4.79 Å². The third-order valence-corrected chi connectivity index (χ3v) is 1.67. The van der Waals surface area contributed by atoms with Gasteiger partial charge in [0.1, 0.15) is 6.04 Å². The first-order chi connectivity index (χ1) is 4.63. The fraction of sp³-hybridized carbons (Fsp3) is 0.714.